The first kappa shape index (κ1) is 13.4. The van der Waals surface area contributed by atoms with E-state index in [2.05, 4.69) is 10.7 Å². The molecule has 0 bridgehead atoms. The molecule has 0 unspecified atom stereocenters. The van der Waals surface area contributed by atoms with E-state index in [1.807, 2.05) is 19.1 Å². The van der Waals surface area contributed by atoms with Gasteiger partial charge in [0.1, 0.15) is 0 Å². The summed E-state index contributed by atoms with van der Waals surface area (Å²) in [6, 6.07) is 12.3. The van der Waals surface area contributed by atoms with Crippen LogP contribution in [0.4, 0.5) is 11.4 Å². The summed E-state index contributed by atoms with van der Waals surface area (Å²) in [6.07, 6.45) is 0. The molecule has 0 aromatic heterocycles. The largest absolute Gasteiger partial charge is 0.324 e. The van der Waals surface area contributed by atoms with Gasteiger partial charge in [-0.15, -0.1) is 0 Å². The van der Waals surface area contributed by atoms with Gasteiger partial charge in [-0.05, 0) is 48.9 Å². The fourth-order valence-corrected chi connectivity index (χ4v) is 1.77. The number of hydrogen-bond donors (Lipinski definition) is 3. The Kier molecular flexibility index (Phi) is 4.04. The van der Waals surface area contributed by atoms with E-state index in [0.717, 1.165) is 11.3 Å². The molecular formula is C14H14ClN3O. The minimum atomic E-state index is -0.191. The van der Waals surface area contributed by atoms with Gasteiger partial charge in [0, 0.05) is 22.0 Å². The summed E-state index contributed by atoms with van der Waals surface area (Å²) in [4.78, 5) is 12.0. The Labute approximate surface area is 116 Å². The summed E-state index contributed by atoms with van der Waals surface area (Å²) in [5.74, 6) is 5.07. The first-order valence-electron chi connectivity index (χ1n) is 5.74. The van der Waals surface area contributed by atoms with Gasteiger partial charge in [0.2, 0.25) is 0 Å². The van der Waals surface area contributed by atoms with Crippen LogP contribution in [0.25, 0.3) is 0 Å². The third-order valence-corrected chi connectivity index (χ3v) is 3.15. The van der Waals surface area contributed by atoms with E-state index >= 15 is 0 Å². The van der Waals surface area contributed by atoms with E-state index in [0.29, 0.717) is 16.3 Å². The fourth-order valence-electron chi connectivity index (χ4n) is 1.59. The van der Waals surface area contributed by atoms with E-state index in [1.54, 1.807) is 30.3 Å². The molecule has 0 radical (unpaired) electrons. The molecular weight excluding hydrogens is 262 g/mol. The predicted molar refractivity (Wildman–Crippen MR) is 78.4 cm³/mol. The minimum absolute atomic E-state index is 0.191. The van der Waals surface area contributed by atoms with Crippen LogP contribution < -0.4 is 16.6 Å². The van der Waals surface area contributed by atoms with Crippen LogP contribution in [0.3, 0.4) is 0 Å². The fraction of sp³-hybridized carbons (Fsp3) is 0.0714. The number of rotatable bonds is 3. The quantitative estimate of drug-likeness (QED) is 0.595. The van der Waals surface area contributed by atoms with E-state index in [9.17, 15) is 4.79 Å². The van der Waals surface area contributed by atoms with Crippen LogP contribution >= 0.6 is 11.6 Å². The molecule has 0 spiro atoms. The van der Waals surface area contributed by atoms with Crippen LogP contribution in [0.15, 0.2) is 42.5 Å². The van der Waals surface area contributed by atoms with Gasteiger partial charge in [0.05, 0.1) is 0 Å². The van der Waals surface area contributed by atoms with Crippen molar-refractivity contribution >= 4 is 28.9 Å². The first-order valence-corrected chi connectivity index (χ1v) is 6.12. The molecule has 1 amide bonds. The van der Waals surface area contributed by atoms with Gasteiger partial charge in [0.15, 0.2) is 0 Å². The van der Waals surface area contributed by atoms with Crippen molar-refractivity contribution in [3.05, 3.63) is 58.6 Å². The molecule has 2 aromatic rings. The van der Waals surface area contributed by atoms with Crippen molar-refractivity contribution in [1.82, 2.24) is 0 Å². The lowest BCUT2D eigenvalue weighted by atomic mass is 10.2. The summed E-state index contributed by atoms with van der Waals surface area (Å²) in [5, 5.41) is 3.41. The number of benzene rings is 2. The SMILES string of the molecule is Cc1ccc(NC(=O)c2ccc(NN)cc2)cc1Cl. The Morgan fingerprint density at radius 2 is 1.74 bits per heavy atom. The zero-order chi connectivity index (χ0) is 13.8. The number of nitrogen functional groups attached to an aromatic ring is 1. The Hall–Kier alpha value is -2.04. The lowest BCUT2D eigenvalue weighted by Crippen LogP contribution is -2.12. The van der Waals surface area contributed by atoms with Crippen molar-refractivity contribution < 1.29 is 4.79 Å². The number of carbonyl (C=O) groups excluding carboxylic acids is 1. The van der Waals surface area contributed by atoms with Gasteiger partial charge in [-0.3, -0.25) is 10.6 Å². The Morgan fingerprint density at radius 1 is 1.11 bits per heavy atom. The standard InChI is InChI=1S/C14H14ClN3O/c1-9-2-5-12(8-13(9)15)17-14(19)10-3-6-11(18-16)7-4-10/h2-8,18H,16H2,1H3,(H,17,19). The van der Waals surface area contributed by atoms with Gasteiger partial charge in [-0.2, -0.15) is 0 Å². The lowest BCUT2D eigenvalue weighted by Gasteiger charge is -2.07. The van der Waals surface area contributed by atoms with Crippen molar-refractivity contribution in [1.29, 1.82) is 0 Å². The molecule has 98 valence electrons. The van der Waals surface area contributed by atoms with Crippen LogP contribution in [0.1, 0.15) is 15.9 Å². The molecule has 0 aliphatic heterocycles. The average molecular weight is 276 g/mol. The summed E-state index contributed by atoms with van der Waals surface area (Å²) in [6.45, 7) is 1.91. The first-order chi connectivity index (χ1) is 9.10. The highest BCUT2D eigenvalue weighted by Crippen LogP contribution is 2.20. The third-order valence-electron chi connectivity index (χ3n) is 2.74. The maximum Gasteiger partial charge on any atom is 0.255 e. The highest BCUT2D eigenvalue weighted by Gasteiger charge is 2.06. The average Bonchev–Trinajstić information content (AvgIpc) is 2.43. The number of amides is 1. The minimum Gasteiger partial charge on any atom is -0.324 e. The number of carbonyl (C=O) groups is 1. The van der Waals surface area contributed by atoms with Gasteiger partial charge in [0.25, 0.3) is 5.91 Å². The normalized spacial score (nSPS) is 10.1. The Morgan fingerprint density at radius 3 is 2.32 bits per heavy atom. The topological polar surface area (TPSA) is 67.2 Å². The highest BCUT2D eigenvalue weighted by molar-refractivity contribution is 6.31. The number of halogens is 1. The highest BCUT2D eigenvalue weighted by atomic mass is 35.5. The van der Waals surface area contributed by atoms with Gasteiger partial charge >= 0.3 is 0 Å². The van der Waals surface area contributed by atoms with Gasteiger partial charge in [-0.25, -0.2) is 0 Å². The van der Waals surface area contributed by atoms with E-state index in [4.69, 9.17) is 17.4 Å². The Bertz CT molecular complexity index is 596. The molecule has 0 fully saturated rings. The molecule has 4 nitrogen and oxygen atoms in total. The monoisotopic (exact) mass is 275 g/mol. The van der Waals surface area contributed by atoms with Crippen LogP contribution in [0.5, 0.6) is 0 Å². The summed E-state index contributed by atoms with van der Waals surface area (Å²) in [5.41, 5.74) is 5.44. The van der Waals surface area contributed by atoms with Crippen molar-refractivity contribution in [2.24, 2.45) is 5.84 Å². The zero-order valence-corrected chi connectivity index (χ0v) is 11.2. The summed E-state index contributed by atoms with van der Waals surface area (Å²) in [7, 11) is 0. The van der Waals surface area contributed by atoms with Crippen molar-refractivity contribution in [3.8, 4) is 0 Å². The van der Waals surface area contributed by atoms with Crippen LogP contribution in [-0.2, 0) is 0 Å². The van der Waals surface area contributed by atoms with Gasteiger partial charge < -0.3 is 10.7 Å². The summed E-state index contributed by atoms with van der Waals surface area (Å²) < 4.78 is 0. The van der Waals surface area contributed by atoms with Crippen molar-refractivity contribution in [3.63, 3.8) is 0 Å². The van der Waals surface area contributed by atoms with Crippen molar-refractivity contribution in [2.75, 3.05) is 10.7 Å². The van der Waals surface area contributed by atoms with Crippen LogP contribution in [0, 0.1) is 6.92 Å². The number of nitrogens with one attached hydrogen (secondary N) is 2. The number of hydrazine groups is 1. The lowest BCUT2D eigenvalue weighted by molar-refractivity contribution is 0.102. The van der Waals surface area contributed by atoms with E-state index in [1.165, 1.54) is 0 Å². The molecule has 0 saturated carbocycles. The number of aryl methyl sites for hydroxylation is 1. The molecule has 0 aliphatic rings. The van der Waals surface area contributed by atoms with Crippen LogP contribution in [0.2, 0.25) is 5.02 Å². The Balaban J connectivity index is 2.13. The molecule has 0 atom stereocenters. The maximum absolute atomic E-state index is 12.0. The molecule has 2 aromatic carbocycles. The van der Waals surface area contributed by atoms with E-state index < -0.39 is 0 Å². The van der Waals surface area contributed by atoms with Crippen molar-refractivity contribution in [2.45, 2.75) is 6.92 Å². The molecule has 5 heteroatoms. The second kappa shape index (κ2) is 5.73. The number of nitrogens with two attached hydrogens (primary N) is 1. The molecule has 2 rings (SSSR count). The number of anilines is 2. The third kappa shape index (κ3) is 3.24. The summed E-state index contributed by atoms with van der Waals surface area (Å²) >= 11 is 6.01. The zero-order valence-electron chi connectivity index (χ0n) is 10.4. The number of hydrogen-bond acceptors (Lipinski definition) is 3. The van der Waals surface area contributed by atoms with E-state index in [-0.39, 0.29) is 5.91 Å². The molecule has 0 heterocycles. The maximum atomic E-state index is 12.0. The van der Waals surface area contributed by atoms with Gasteiger partial charge in [-0.1, -0.05) is 17.7 Å². The van der Waals surface area contributed by atoms with Crippen LogP contribution in [-0.4, -0.2) is 5.91 Å². The second-order valence-corrected chi connectivity index (χ2v) is 4.55. The molecule has 0 saturated heterocycles. The second-order valence-electron chi connectivity index (χ2n) is 4.14. The smallest absolute Gasteiger partial charge is 0.255 e. The predicted octanol–water partition coefficient (Wildman–Crippen LogP) is 3.19. The molecule has 0 aliphatic carbocycles. The molecule has 19 heavy (non-hydrogen) atoms. The molecule has 4 N–H and O–H groups in total.